The van der Waals surface area contributed by atoms with Crippen molar-refractivity contribution in [2.75, 3.05) is 19.7 Å². The Kier molecular flexibility index (Phi) is 5.64. The fourth-order valence-corrected chi connectivity index (χ4v) is 2.38. The predicted octanol–water partition coefficient (Wildman–Crippen LogP) is 1.91. The fraction of sp³-hybridized carbons (Fsp3) is 0.533. The summed E-state index contributed by atoms with van der Waals surface area (Å²) >= 11 is 0. The summed E-state index contributed by atoms with van der Waals surface area (Å²) < 4.78 is 32.3. The molecule has 1 heterocycles. The summed E-state index contributed by atoms with van der Waals surface area (Å²) in [6, 6.07) is 2.94. The number of nitrogens with one attached hydrogen (secondary N) is 2. The number of hydrogen-bond donors (Lipinski definition) is 2. The van der Waals surface area contributed by atoms with Crippen LogP contribution in [-0.4, -0.2) is 31.7 Å². The average molecular weight is 298 g/mol. The van der Waals surface area contributed by atoms with Crippen LogP contribution in [0.4, 0.5) is 8.78 Å². The highest BCUT2D eigenvalue weighted by Crippen LogP contribution is 2.22. The summed E-state index contributed by atoms with van der Waals surface area (Å²) in [5, 5.41) is 5.87. The van der Waals surface area contributed by atoms with E-state index < -0.39 is 23.8 Å². The molecule has 6 heteroatoms. The number of carbonyl (C=O) groups excluding carboxylic acids is 1. The molecule has 1 aromatic rings. The summed E-state index contributed by atoms with van der Waals surface area (Å²) in [4.78, 5) is 12.2. The monoisotopic (exact) mass is 298 g/mol. The summed E-state index contributed by atoms with van der Waals surface area (Å²) in [5.41, 5.74) is 0.301. The van der Waals surface area contributed by atoms with Gasteiger partial charge in [0.2, 0.25) is 0 Å². The van der Waals surface area contributed by atoms with Gasteiger partial charge in [-0.15, -0.1) is 0 Å². The van der Waals surface area contributed by atoms with E-state index in [0.29, 0.717) is 25.1 Å². The third-order valence-electron chi connectivity index (χ3n) is 3.45. The lowest BCUT2D eigenvalue weighted by atomic mass is 10.0. The largest absolute Gasteiger partial charge is 0.366 e. The van der Waals surface area contributed by atoms with Crippen LogP contribution in [0.3, 0.4) is 0 Å². The van der Waals surface area contributed by atoms with Crippen molar-refractivity contribution in [2.24, 2.45) is 0 Å². The maximum absolute atomic E-state index is 13.9. The van der Waals surface area contributed by atoms with Crippen LogP contribution in [0.25, 0.3) is 0 Å². The molecule has 0 saturated carbocycles. The average Bonchev–Trinajstić information content (AvgIpc) is 2.48. The molecule has 21 heavy (non-hydrogen) atoms. The zero-order chi connectivity index (χ0) is 15.2. The van der Waals surface area contributed by atoms with Gasteiger partial charge in [0.05, 0.1) is 12.6 Å². The number of morpholine rings is 1. The van der Waals surface area contributed by atoms with Gasteiger partial charge in [0.1, 0.15) is 17.7 Å². The highest BCUT2D eigenvalue weighted by atomic mass is 19.1. The van der Waals surface area contributed by atoms with E-state index in [2.05, 4.69) is 10.6 Å². The molecule has 0 radical (unpaired) electrons. The van der Waals surface area contributed by atoms with Gasteiger partial charge in [0, 0.05) is 24.7 Å². The van der Waals surface area contributed by atoms with Gasteiger partial charge in [-0.2, -0.15) is 0 Å². The molecule has 116 valence electrons. The van der Waals surface area contributed by atoms with Crippen molar-refractivity contribution < 1.29 is 18.3 Å². The molecule has 1 amide bonds. The molecule has 4 nitrogen and oxygen atoms in total. The standard InChI is InChI=1S/C15H20F2N2O2/c1-2-3-13(11-5-4-10(16)8-12(11)17)19-15(20)14-9-18-6-7-21-14/h4-5,8,13-14,18H,2-3,6-7,9H2,1H3,(H,19,20). The van der Waals surface area contributed by atoms with E-state index in [-0.39, 0.29) is 5.91 Å². The van der Waals surface area contributed by atoms with Gasteiger partial charge in [-0.25, -0.2) is 8.78 Å². The van der Waals surface area contributed by atoms with E-state index >= 15 is 0 Å². The maximum atomic E-state index is 13.9. The lowest BCUT2D eigenvalue weighted by molar-refractivity contribution is -0.135. The van der Waals surface area contributed by atoms with Crippen molar-refractivity contribution in [3.8, 4) is 0 Å². The van der Waals surface area contributed by atoms with Crippen molar-refractivity contribution in [3.05, 3.63) is 35.4 Å². The Labute approximate surface area is 122 Å². The normalized spacial score (nSPS) is 20.0. The van der Waals surface area contributed by atoms with Crippen LogP contribution in [-0.2, 0) is 9.53 Å². The second kappa shape index (κ2) is 7.47. The van der Waals surface area contributed by atoms with Crippen LogP contribution in [0.1, 0.15) is 31.4 Å². The van der Waals surface area contributed by atoms with E-state index in [1.54, 1.807) is 0 Å². The number of carbonyl (C=O) groups is 1. The second-order valence-corrected chi connectivity index (χ2v) is 5.08. The van der Waals surface area contributed by atoms with E-state index in [9.17, 15) is 13.6 Å². The molecular formula is C15H20F2N2O2. The smallest absolute Gasteiger partial charge is 0.250 e. The van der Waals surface area contributed by atoms with Crippen molar-refractivity contribution >= 4 is 5.91 Å². The van der Waals surface area contributed by atoms with Crippen molar-refractivity contribution in [2.45, 2.75) is 31.9 Å². The van der Waals surface area contributed by atoms with Gasteiger partial charge in [0.15, 0.2) is 0 Å². The lowest BCUT2D eigenvalue weighted by Crippen LogP contribution is -2.48. The molecule has 2 atom stereocenters. The molecule has 0 aliphatic carbocycles. The number of rotatable bonds is 5. The van der Waals surface area contributed by atoms with Gasteiger partial charge in [-0.05, 0) is 12.5 Å². The van der Waals surface area contributed by atoms with Crippen LogP contribution < -0.4 is 10.6 Å². The number of benzene rings is 1. The van der Waals surface area contributed by atoms with E-state index in [4.69, 9.17) is 4.74 Å². The highest BCUT2D eigenvalue weighted by molar-refractivity contribution is 5.81. The van der Waals surface area contributed by atoms with Gasteiger partial charge >= 0.3 is 0 Å². The number of amides is 1. The fourth-order valence-electron chi connectivity index (χ4n) is 2.38. The molecule has 0 bridgehead atoms. The molecular weight excluding hydrogens is 278 g/mol. The SMILES string of the molecule is CCCC(NC(=O)C1CNCCO1)c1ccc(F)cc1F. The molecule has 0 spiro atoms. The number of ether oxygens (including phenoxy) is 1. The maximum Gasteiger partial charge on any atom is 0.250 e. The predicted molar refractivity (Wildman–Crippen MR) is 74.8 cm³/mol. The molecule has 0 aromatic heterocycles. The van der Waals surface area contributed by atoms with E-state index in [1.165, 1.54) is 12.1 Å². The first-order valence-electron chi connectivity index (χ1n) is 7.19. The van der Waals surface area contributed by atoms with Crippen LogP contribution >= 0.6 is 0 Å². The van der Waals surface area contributed by atoms with E-state index in [0.717, 1.165) is 19.0 Å². The van der Waals surface area contributed by atoms with Crippen LogP contribution in [0.2, 0.25) is 0 Å². The van der Waals surface area contributed by atoms with E-state index in [1.807, 2.05) is 6.92 Å². The molecule has 1 fully saturated rings. The Bertz CT molecular complexity index is 491. The van der Waals surface area contributed by atoms with Crippen LogP contribution in [0, 0.1) is 11.6 Å². The Balaban J connectivity index is 2.09. The third kappa shape index (κ3) is 4.22. The Morgan fingerprint density at radius 2 is 2.33 bits per heavy atom. The van der Waals surface area contributed by atoms with Crippen molar-refractivity contribution in [3.63, 3.8) is 0 Å². The molecule has 1 aliphatic rings. The Morgan fingerprint density at radius 3 is 2.95 bits per heavy atom. The molecule has 2 unspecified atom stereocenters. The molecule has 1 aromatic carbocycles. The van der Waals surface area contributed by atoms with Crippen molar-refractivity contribution in [1.29, 1.82) is 0 Å². The van der Waals surface area contributed by atoms with Crippen LogP contribution in [0.15, 0.2) is 18.2 Å². The lowest BCUT2D eigenvalue weighted by Gasteiger charge is -2.26. The number of hydrogen-bond acceptors (Lipinski definition) is 3. The summed E-state index contributed by atoms with van der Waals surface area (Å²) in [5.74, 6) is -1.54. The summed E-state index contributed by atoms with van der Waals surface area (Å²) in [6.07, 6.45) is 0.779. The minimum absolute atomic E-state index is 0.274. The van der Waals surface area contributed by atoms with Gasteiger partial charge in [0.25, 0.3) is 5.91 Å². The van der Waals surface area contributed by atoms with Gasteiger partial charge < -0.3 is 15.4 Å². The molecule has 2 N–H and O–H groups in total. The first kappa shape index (κ1) is 15.9. The first-order valence-corrected chi connectivity index (χ1v) is 7.19. The quantitative estimate of drug-likeness (QED) is 0.873. The molecule has 2 rings (SSSR count). The first-order chi connectivity index (χ1) is 10.1. The highest BCUT2D eigenvalue weighted by Gasteiger charge is 2.25. The third-order valence-corrected chi connectivity index (χ3v) is 3.45. The van der Waals surface area contributed by atoms with Gasteiger partial charge in [-0.1, -0.05) is 19.4 Å². The molecule has 1 aliphatic heterocycles. The second-order valence-electron chi connectivity index (χ2n) is 5.08. The zero-order valence-electron chi connectivity index (χ0n) is 12.0. The zero-order valence-corrected chi connectivity index (χ0v) is 12.0. The summed E-state index contributed by atoms with van der Waals surface area (Å²) in [7, 11) is 0. The Morgan fingerprint density at radius 1 is 1.52 bits per heavy atom. The minimum Gasteiger partial charge on any atom is -0.366 e. The summed E-state index contributed by atoms with van der Waals surface area (Å²) in [6.45, 7) is 3.58. The Hall–Kier alpha value is -1.53. The van der Waals surface area contributed by atoms with Crippen LogP contribution in [0.5, 0.6) is 0 Å². The minimum atomic E-state index is -0.642. The molecule has 1 saturated heterocycles. The topological polar surface area (TPSA) is 50.4 Å². The number of halogens is 2. The van der Waals surface area contributed by atoms with Gasteiger partial charge in [-0.3, -0.25) is 4.79 Å². The van der Waals surface area contributed by atoms with Crippen molar-refractivity contribution in [1.82, 2.24) is 10.6 Å².